The Morgan fingerprint density at radius 1 is 0.971 bits per heavy atom. The van der Waals surface area contributed by atoms with Gasteiger partial charge in [-0.2, -0.15) is 0 Å². The zero-order chi connectivity index (χ0) is 24.5. The van der Waals surface area contributed by atoms with Crippen molar-refractivity contribution >= 4 is 28.5 Å². The molecule has 2 N–H and O–H groups in total. The van der Waals surface area contributed by atoms with Crippen LogP contribution in [0.4, 0.5) is 0 Å². The van der Waals surface area contributed by atoms with Gasteiger partial charge >= 0.3 is 0 Å². The third-order valence-electron chi connectivity index (χ3n) is 6.21. The molecule has 178 valence electrons. The number of ketones is 1. The van der Waals surface area contributed by atoms with Gasteiger partial charge in [-0.25, -0.2) is 0 Å². The summed E-state index contributed by atoms with van der Waals surface area (Å²) in [4.78, 5) is 45.3. The summed E-state index contributed by atoms with van der Waals surface area (Å²) < 4.78 is 11.0. The molecule has 1 fully saturated rings. The minimum atomic E-state index is -0.649. The number of nitrogens with one attached hydrogen (secondary N) is 1. The number of methoxy groups -OCH3 is 1. The normalized spacial score (nSPS) is 13.7. The number of amides is 2. The number of carbonyl (C=O) groups excluding carboxylic acids is 3. The maximum atomic E-state index is 13.3. The van der Waals surface area contributed by atoms with E-state index < -0.39 is 11.7 Å². The van der Waals surface area contributed by atoms with Gasteiger partial charge in [0, 0.05) is 43.5 Å². The number of aromatic nitrogens is 1. The largest absolute Gasteiger partial charge is 0.508 e. The van der Waals surface area contributed by atoms with Crippen LogP contribution in [0, 0.1) is 0 Å². The average Bonchev–Trinajstić information content (AvgIpc) is 3.58. The number of nitrogens with zero attached hydrogens (tertiary/aromatic N) is 2. The Kier molecular flexibility index (Phi) is 5.74. The Bertz CT molecular complexity index is 1400. The Morgan fingerprint density at radius 3 is 2.34 bits per heavy atom. The van der Waals surface area contributed by atoms with Crippen LogP contribution in [0.2, 0.25) is 0 Å². The highest BCUT2D eigenvalue weighted by atomic mass is 16.5. The topological polar surface area (TPSA) is 116 Å². The molecule has 5 rings (SSSR count). The minimum absolute atomic E-state index is 0.0840. The van der Waals surface area contributed by atoms with E-state index in [-0.39, 0.29) is 30.3 Å². The number of fused-ring (bicyclic) bond motifs is 1. The predicted octanol–water partition coefficient (Wildman–Crippen LogP) is 3.31. The number of hydrogen-bond acceptors (Lipinski definition) is 6. The molecule has 9 nitrogen and oxygen atoms in total. The second kappa shape index (κ2) is 9.02. The lowest BCUT2D eigenvalue weighted by molar-refractivity contribution is -0.127. The smallest absolute Gasteiger partial charge is 0.295 e. The Hall–Kier alpha value is -4.53. The molecular formula is C26H23N3O6. The number of ether oxygens (including phenoxy) is 1. The van der Waals surface area contributed by atoms with Crippen molar-refractivity contribution < 1.29 is 28.6 Å². The molecule has 3 heterocycles. The molecule has 0 aliphatic carbocycles. The van der Waals surface area contributed by atoms with Crippen LogP contribution in [0.1, 0.15) is 20.7 Å². The molecule has 35 heavy (non-hydrogen) atoms. The maximum absolute atomic E-state index is 13.3. The number of phenolic OH excluding ortho intramolecular Hbond substituents is 1. The number of aromatic amines is 1. The molecule has 0 bridgehead atoms. The van der Waals surface area contributed by atoms with Crippen LogP contribution in [0.15, 0.2) is 65.4 Å². The molecule has 2 amide bonds. The van der Waals surface area contributed by atoms with Crippen LogP contribution in [-0.4, -0.2) is 70.8 Å². The van der Waals surface area contributed by atoms with Gasteiger partial charge in [0.05, 0.1) is 29.8 Å². The summed E-state index contributed by atoms with van der Waals surface area (Å²) in [6, 6.07) is 13.2. The van der Waals surface area contributed by atoms with Crippen molar-refractivity contribution in [1.29, 1.82) is 0 Å². The van der Waals surface area contributed by atoms with Crippen molar-refractivity contribution in [2.45, 2.75) is 0 Å². The van der Waals surface area contributed by atoms with E-state index in [1.54, 1.807) is 35.4 Å². The average molecular weight is 473 g/mol. The fourth-order valence-corrected chi connectivity index (χ4v) is 4.36. The summed E-state index contributed by atoms with van der Waals surface area (Å²) in [5, 5.41) is 9.94. The summed E-state index contributed by atoms with van der Waals surface area (Å²) in [6.07, 6.45) is 3.08. The van der Waals surface area contributed by atoms with Crippen LogP contribution in [0.25, 0.3) is 22.2 Å². The van der Waals surface area contributed by atoms with Crippen molar-refractivity contribution in [2.24, 2.45) is 0 Å². The summed E-state index contributed by atoms with van der Waals surface area (Å²) in [7, 11) is 1.51. The number of hydrogen-bond donors (Lipinski definition) is 2. The minimum Gasteiger partial charge on any atom is -0.508 e. The van der Waals surface area contributed by atoms with Crippen molar-refractivity contribution in [1.82, 2.24) is 14.8 Å². The number of carbonyl (C=O) groups is 3. The monoisotopic (exact) mass is 473 g/mol. The van der Waals surface area contributed by atoms with E-state index in [2.05, 4.69) is 4.98 Å². The second-order valence-electron chi connectivity index (χ2n) is 8.21. The number of aromatic hydroxyl groups is 1. The van der Waals surface area contributed by atoms with E-state index in [1.807, 2.05) is 12.1 Å². The Balaban J connectivity index is 1.34. The lowest BCUT2D eigenvalue weighted by atomic mass is 10.0. The highest BCUT2D eigenvalue weighted by molar-refractivity contribution is 6.45. The molecule has 9 heteroatoms. The molecule has 0 radical (unpaired) electrons. The third kappa shape index (κ3) is 4.01. The van der Waals surface area contributed by atoms with E-state index in [4.69, 9.17) is 9.15 Å². The van der Waals surface area contributed by atoms with Crippen molar-refractivity contribution in [2.75, 3.05) is 33.3 Å². The van der Waals surface area contributed by atoms with Gasteiger partial charge < -0.3 is 29.0 Å². The summed E-state index contributed by atoms with van der Waals surface area (Å²) in [5.41, 5.74) is 2.06. The van der Waals surface area contributed by atoms with Gasteiger partial charge in [0.15, 0.2) is 0 Å². The van der Waals surface area contributed by atoms with Crippen molar-refractivity contribution in [3.63, 3.8) is 0 Å². The van der Waals surface area contributed by atoms with E-state index in [9.17, 15) is 19.5 Å². The van der Waals surface area contributed by atoms with Crippen LogP contribution >= 0.6 is 0 Å². The lowest BCUT2D eigenvalue weighted by Gasteiger charge is -2.34. The van der Waals surface area contributed by atoms with Crippen LogP contribution < -0.4 is 4.74 Å². The zero-order valence-electron chi connectivity index (χ0n) is 19.0. The standard InChI is InChI=1S/C26H23N3O6/c1-34-21-9-8-18(20-3-2-14-35-20)23-22(21)19(15-27-23)24(31)26(33)29-12-10-28(11-13-29)25(32)16-4-6-17(30)7-5-16/h2-9,14-15,27,30H,10-13H2,1H3. The van der Waals surface area contributed by atoms with Crippen LogP contribution in [-0.2, 0) is 4.79 Å². The van der Waals surface area contributed by atoms with Gasteiger partial charge in [-0.3, -0.25) is 14.4 Å². The van der Waals surface area contributed by atoms with E-state index in [1.165, 1.54) is 30.3 Å². The first kappa shape index (κ1) is 22.3. The number of piperazine rings is 1. The highest BCUT2D eigenvalue weighted by Gasteiger charge is 2.31. The summed E-state index contributed by atoms with van der Waals surface area (Å²) in [5.74, 6) is -0.287. The fraction of sp³-hybridized carbons (Fsp3) is 0.192. The Morgan fingerprint density at radius 2 is 1.69 bits per heavy atom. The third-order valence-corrected chi connectivity index (χ3v) is 6.21. The number of benzene rings is 2. The molecule has 0 spiro atoms. The molecule has 1 aliphatic rings. The number of phenols is 1. The van der Waals surface area contributed by atoms with Gasteiger partial charge in [0.25, 0.3) is 17.6 Å². The van der Waals surface area contributed by atoms with Gasteiger partial charge in [-0.15, -0.1) is 0 Å². The van der Waals surface area contributed by atoms with Gasteiger partial charge in [-0.05, 0) is 48.5 Å². The molecule has 0 saturated carbocycles. The second-order valence-corrected chi connectivity index (χ2v) is 8.21. The molecule has 1 saturated heterocycles. The van der Waals surface area contributed by atoms with E-state index >= 15 is 0 Å². The zero-order valence-corrected chi connectivity index (χ0v) is 19.0. The number of H-pyrrole nitrogens is 1. The molecule has 1 aliphatic heterocycles. The molecular weight excluding hydrogens is 450 g/mol. The molecule has 2 aromatic heterocycles. The maximum Gasteiger partial charge on any atom is 0.295 e. The molecule has 0 unspecified atom stereocenters. The molecule has 4 aromatic rings. The summed E-state index contributed by atoms with van der Waals surface area (Å²) in [6.45, 7) is 1.09. The first-order valence-corrected chi connectivity index (χ1v) is 11.1. The van der Waals surface area contributed by atoms with Crippen molar-refractivity contribution in [3.05, 3.63) is 72.1 Å². The first-order valence-electron chi connectivity index (χ1n) is 11.1. The van der Waals surface area contributed by atoms with Gasteiger partial charge in [0.2, 0.25) is 0 Å². The van der Waals surface area contributed by atoms with E-state index in [0.29, 0.717) is 41.1 Å². The van der Waals surface area contributed by atoms with E-state index in [0.717, 1.165) is 5.56 Å². The summed E-state index contributed by atoms with van der Waals surface area (Å²) >= 11 is 0. The lowest BCUT2D eigenvalue weighted by Crippen LogP contribution is -2.52. The number of furan rings is 1. The highest BCUT2D eigenvalue weighted by Crippen LogP contribution is 2.36. The van der Waals surface area contributed by atoms with Crippen LogP contribution in [0.3, 0.4) is 0 Å². The number of Topliss-reactive ketones (excluding diaryl/α,β-unsaturated/α-hetero) is 1. The van der Waals surface area contributed by atoms with Gasteiger partial charge in [0.1, 0.15) is 17.3 Å². The molecule has 2 aromatic carbocycles. The number of rotatable bonds is 5. The predicted molar refractivity (Wildman–Crippen MR) is 127 cm³/mol. The van der Waals surface area contributed by atoms with Gasteiger partial charge in [-0.1, -0.05) is 0 Å². The fourth-order valence-electron chi connectivity index (χ4n) is 4.36. The van der Waals surface area contributed by atoms with Crippen molar-refractivity contribution in [3.8, 4) is 22.8 Å². The SMILES string of the molecule is COc1ccc(-c2ccco2)c2[nH]cc(C(=O)C(=O)N3CCN(C(=O)c4ccc(O)cc4)CC3)c12. The quantitative estimate of drug-likeness (QED) is 0.339. The first-order chi connectivity index (χ1) is 17.0. The molecule has 0 atom stereocenters. The van der Waals surface area contributed by atoms with Crippen LogP contribution in [0.5, 0.6) is 11.5 Å². The Labute approximate surface area is 200 Å².